The molecule has 0 amide bonds. The molecule has 2 saturated heterocycles. The van der Waals surface area contributed by atoms with Crippen LogP contribution in [0.25, 0.3) is 38.6 Å². The van der Waals surface area contributed by atoms with Crippen LogP contribution in [0, 0.1) is 18.7 Å². The number of piperazine rings is 1. The Morgan fingerprint density at radius 2 is 1.96 bits per heavy atom. The van der Waals surface area contributed by atoms with Crippen LogP contribution in [-0.4, -0.2) is 82.8 Å². The minimum atomic E-state index is -0.425. The standard InChI is InChI=1S/C39H45ClFN9O4/c1-19(2)21(4)49(43)16-27(42)23-8-6-22(7-9-23)17-53-37-32(31-20(3)26(41)13-28-25(31)15-45-48-28)34(40)36-33-35(37)46-39(52-11-10-51-5)47-38(33)50-24-12-29(44-14-24)30(50)18-54-36/h6-9,13,15-16,19,21,24,29-30,44H,10-12,14,17-18,42-43H2,1-5H3,(H,45,48)/b27-16-. The van der Waals surface area contributed by atoms with Gasteiger partial charge in [0.25, 0.3) is 0 Å². The number of methoxy groups -OCH3 is 1. The maximum absolute atomic E-state index is 15.7. The van der Waals surface area contributed by atoms with Crippen molar-refractivity contribution in [1.82, 2.24) is 30.5 Å². The molecule has 0 radical (unpaired) electrons. The number of H-pyrrole nitrogens is 1. The lowest BCUT2D eigenvalue weighted by atomic mass is 9.93. The summed E-state index contributed by atoms with van der Waals surface area (Å²) in [6.45, 7) is 9.87. The minimum absolute atomic E-state index is 0.00128. The van der Waals surface area contributed by atoms with Crippen molar-refractivity contribution in [2.45, 2.75) is 64.9 Å². The van der Waals surface area contributed by atoms with E-state index in [0.29, 0.717) is 80.6 Å². The summed E-state index contributed by atoms with van der Waals surface area (Å²) in [4.78, 5) is 12.3. The van der Waals surface area contributed by atoms with Gasteiger partial charge in [0.2, 0.25) is 0 Å². The second kappa shape index (κ2) is 14.4. The highest BCUT2D eigenvalue weighted by atomic mass is 35.5. The number of fused-ring (bicyclic) bond motifs is 7. The van der Waals surface area contributed by atoms with Crippen molar-refractivity contribution in [3.05, 3.63) is 70.3 Å². The molecule has 2 aromatic heterocycles. The van der Waals surface area contributed by atoms with Gasteiger partial charge in [-0.2, -0.15) is 15.1 Å². The van der Waals surface area contributed by atoms with Gasteiger partial charge in [-0.05, 0) is 48.9 Å². The zero-order valence-corrected chi connectivity index (χ0v) is 31.7. The number of hydrogen-bond donors (Lipinski definition) is 4. The molecule has 2 bridgehead atoms. The molecule has 4 atom stereocenters. The van der Waals surface area contributed by atoms with E-state index in [2.05, 4.69) is 41.2 Å². The van der Waals surface area contributed by atoms with Crippen LogP contribution in [0.1, 0.15) is 43.9 Å². The average molecular weight is 758 g/mol. The van der Waals surface area contributed by atoms with Gasteiger partial charge in [-0.1, -0.05) is 49.7 Å². The van der Waals surface area contributed by atoms with Crippen LogP contribution in [-0.2, 0) is 11.3 Å². The molecule has 3 aliphatic rings. The fourth-order valence-corrected chi connectivity index (χ4v) is 8.08. The zero-order valence-electron chi connectivity index (χ0n) is 31.0. The van der Waals surface area contributed by atoms with Gasteiger partial charge in [0, 0.05) is 54.5 Å². The Kier molecular flexibility index (Phi) is 9.63. The number of benzene rings is 3. The van der Waals surface area contributed by atoms with E-state index < -0.39 is 5.82 Å². The van der Waals surface area contributed by atoms with Crippen LogP contribution in [0.15, 0.2) is 42.7 Å². The average Bonchev–Trinajstić information content (AvgIpc) is 3.89. The van der Waals surface area contributed by atoms with Crippen LogP contribution in [0.2, 0.25) is 5.02 Å². The summed E-state index contributed by atoms with van der Waals surface area (Å²) in [5.74, 6) is 7.62. The van der Waals surface area contributed by atoms with Gasteiger partial charge in [-0.3, -0.25) is 5.10 Å². The molecule has 5 heterocycles. The normalized spacial score (nSPS) is 19.7. The summed E-state index contributed by atoms with van der Waals surface area (Å²) in [7, 11) is 1.61. The van der Waals surface area contributed by atoms with E-state index in [-0.39, 0.29) is 48.4 Å². The number of anilines is 1. The summed E-state index contributed by atoms with van der Waals surface area (Å²) >= 11 is 7.48. The summed E-state index contributed by atoms with van der Waals surface area (Å²) in [6, 6.07) is 9.84. The van der Waals surface area contributed by atoms with Gasteiger partial charge in [0.1, 0.15) is 37.0 Å². The summed E-state index contributed by atoms with van der Waals surface area (Å²) in [5, 5.41) is 14.0. The quantitative estimate of drug-likeness (QED) is 0.0703. The molecule has 15 heteroatoms. The molecular weight excluding hydrogens is 713 g/mol. The molecule has 3 aromatic carbocycles. The number of ether oxygens (including phenoxy) is 4. The summed E-state index contributed by atoms with van der Waals surface area (Å²) in [6.07, 6.45) is 4.37. The highest BCUT2D eigenvalue weighted by Crippen LogP contribution is 2.55. The molecule has 284 valence electrons. The van der Waals surface area contributed by atoms with Crippen LogP contribution in [0.5, 0.6) is 17.5 Å². The molecule has 0 saturated carbocycles. The van der Waals surface area contributed by atoms with E-state index in [1.54, 1.807) is 31.4 Å². The van der Waals surface area contributed by atoms with Crippen LogP contribution in [0.4, 0.5) is 10.2 Å². The lowest BCUT2D eigenvalue weighted by Crippen LogP contribution is -2.53. The van der Waals surface area contributed by atoms with E-state index in [4.69, 9.17) is 52.1 Å². The predicted octanol–water partition coefficient (Wildman–Crippen LogP) is 5.67. The molecule has 6 N–H and O–H groups in total. The molecular formula is C39H45ClFN9O4. The molecule has 0 spiro atoms. The van der Waals surface area contributed by atoms with Crippen molar-refractivity contribution in [3.63, 3.8) is 0 Å². The molecule has 2 fully saturated rings. The number of nitrogens with zero attached hydrogens (tertiary/aromatic N) is 5. The second-order valence-electron chi connectivity index (χ2n) is 14.6. The van der Waals surface area contributed by atoms with Gasteiger partial charge in [0.05, 0.1) is 40.5 Å². The summed E-state index contributed by atoms with van der Waals surface area (Å²) in [5.41, 5.74) is 10.9. The van der Waals surface area contributed by atoms with Gasteiger partial charge in [-0.25, -0.2) is 10.2 Å². The fraction of sp³-hybridized carbons (Fsp3) is 0.410. The third-order valence-corrected chi connectivity index (χ3v) is 11.4. The smallest absolute Gasteiger partial charge is 0.319 e. The number of halogens is 2. The number of aromatic amines is 1. The zero-order chi connectivity index (χ0) is 37.8. The van der Waals surface area contributed by atoms with Gasteiger partial charge in [-0.15, -0.1) is 0 Å². The van der Waals surface area contributed by atoms with Crippen molar-refractivity contribution >= 4 is 44.9 Å². The first kappa shape index (κ1) is 36.1. The first-order valence-corrected chi connectivity index (χ1v) is 18.6. The first-order valence-electron chi connectivity index (χ1n) is 18.2. The van der Waals surface area contributed by atoms with Crippen molar-refractivity contribution in [1.29, 1.82) is 0 Å². The summed E-state index contributed by atoms with van der Waals surface area (Å²) < 4.78 is 40.5. The largest absolute Gasteiger partial charge is 0.489 e. The predicted molar refractivity (Wildman–Crippen MR) is 207 cm³/mol. The van der Waals surface area contributed by atoms with E-state index >= 15 is 4.39 Å². The highest BCUT2D eigenvalue weighted by molar-refractivity contribution is 6.38. The van der Waals surface area contributed by atoms with Gasteiger partial charge in [0.15, 0.2) is 11.5 Å². The van der Waals surface area contributed by atoms with Crippen LogP contribution in [0.3, 0.4) is 0 Å². The Morgan fingerprint density at radius 3 is 2.72 bits per heavy atom. The first-order chi connectivity index (χ1) is 26.0. The Hall–Kier alpha value is -4.89. The number of rotatable bonds is 12. The number of nitrogens with one attached hydrogen (secondary N) is 2. The minimum Gasteiger partial charge on any atom is -0.489 e. The number of hydrogen-bond acceptors (Lipinski definition) is 12. The van der Waals surface area contributed by atoms with Crippen molar-refractivity contribution in [2.24, 2.45) is 17.5 Å². The number of hydrazine groups is 1. The molecule has 54 heavy (non-hydrogen) atoms. The molecule has 0 aliphatic carbocycles. The van der Waals surface area contributed by atoms with Gasteiger partial charge >= 0.3 is 6.01 Å². The lowest BCUT2D eigenvalue weighted by Gasteiger charge is -2.35. The van der Waals surface area contributed by atoms with Crippen molar-refractivity contribution in [3.8, 4) is 28.6 Å². The highest BCUT2D eigenvalue weighted by Gasteiger charge is 2.49. The third-order valence-electron chi connectivity index (χ3n) is 11.1. The number of aromatic nitrogens is 4. The topological polar surface area (TPSA) is 162 Å². The van der Waals surface area contributed by atoms with Crippen molar-refractivity contribution in [2.75, 3.05) is 38.4 Å². The molecule has 8 rings (SSSR count). The Labute approximate surface area is 317 Å². The van der Waals surface area contributed by atoms with Crippen molar-refractivity contribution < 1.29 is 23.3 Å². The molecule has 4 unspecified atom stereocenters. The van der Waals surface area contributed by atoms with E-state index in [9.17, 15) is 0 Å². The Balaban J connectivity index is 1.29. The van der Waals surface area contributed by atoms with E-state index in [1.165, 1.54) is 6.07 Å². The monoisotopic (exact) mass is 757 g/mol. The Bertz CT molecular complexity index is 2250. The van der Waals surface area contributed by atoms with Crippen LogP contribution >= 0.6 is 11.6 Å². The second-order valence-corrected chi connectivity index (χ2v) is 15.0. The van der Waals surface area contributed by atoms with Gasteiger partial charge < -0.3 is 39.9 Å². The van der Waals surface area contributed by atoms with E-state index in [1.807, 2.05) is 24.3 Å². The Morgan fingerprint density at radius 1 is 1.17 bits per heavy atom. The fourth-order valence-electron chi connectivity index (χ4n) is 7.75. The molecule has 3 aliphatic heterocycles. The lowest BCUT2D eigenvalue weighted by molar-refractivity contribution is 0.141. The van der Waals surface area contributed by atoms with E-state index in [0.717, 1.165) is 24.1 Å². The number of nitrogens with two attached hydrogens (primary N) is 2. The SMILES string of the molecule is COCCOc1nc2c3c(c(Cl)c(-c4c(C)c(F)cc5[nH]ncc45)c(OCc4ccc(/C(N)=C/N(N)C(C)C(C)C)cc4)c3n1)OCC1C3CC(CN3)N21. The molecule has 5 aromatic rings. The molecule has 13 nitrogen and oxygen atoms in total. The maximum atomic E-state index is 15.7. The maximum Gasteiger partial charge on any atom is 0.319 e. The third kappa shape index (κ3) is 6.20. The van der Waals surface area contributed by atoms with Crippen LogP contribution < -0.4 is 36.0 Å².